The standard InChI is InChI=1S/C9H10O3S/c1-5-4-13-8(6(2)10)7(5)9(11)12-3/h4H,1-3H3. The molecule has 0 saturated heterocycles. The minimum Gasteiger partial charge on any atom is -0.465 e. The summed E-state index contributed by atoms with van der Waals surface area (Å²) in [6.45, 7) is 3.23. The maximum absolute atomic E-state index is 11.3. The van der Waals surface area contributed by atoms with Crippen molar-refractivity contribution in [2.75, 3.05) is 7.11 Å². The van der Waals surface area contributed by atoms with Crippen molar-refractivity contribution in [2.45, 2.75) is 13.8 Å². The number of hydrogen-bond donors (Lipinski definition) is 0. The van der Waals surface area contributed by atoms with Crippen LogP contribution in [0.3, 0.4) is 0 Å². The number of thiophene rings is 1. The molecule has 0 bridgehead atoms. The van der Waals surface area contributed by atoms with Crippen molar-refractivity contribution in [3.63, 3.8) is 0 Å². The molecule has 1 rings (SSSR count). The highest BCUT2D eigenvalue weighted by Gasteiger charge is 2.19. The average Bonchev–Trinajstić information content (AvgIpc) is 2.46. The van der Waals surface area contributed by atoms with E-state index in [1.54, 1.807) is 12.3 Å². The zero-order valence-corrected chi connectivity index (χ0v) is 8.53. The van der Waals surface area contributed by atoms with Crippen molar-refractivity contribution in [1.29, 1.82) is 0 Å². The predicted molar refractivity (Wildman–Crippen MR) is 50.4 cm³/mol. The molecule has 0 aliphatic carbocycles. The molecule has 1 aromatic rings. The molecule has 0 saturated carbocycles. The van der Waals surface area contributed by atoms with Crippen LogP contribution in [0, 0.1) is 6.92 Å². The Bertz CT molecular complexity index is 352. The molecule has 0 spiro atoms. The van der Waals surface area contributed by atoms with Gasteiger partial charge >= 0.3 is 5.97 Å². The Hall–Kier alpha value is -1.16. The molecule has 0 amide bonds. The van der Waals surface area contributed by atoms with Crippen molar-refractivity contribution in [1.82, 2.24) is 0 Å². The van der Waals surface area contributed by atoms with Gasteiger partial charge in [-0.1, -0.05) is 0 Å². The van der Waals surface area contributed by atoms with Gasteiger partial charge in [0.25, 0.3) is 0 Å². The molecule has 0 atom stereocenters. The molecule has 1 heterocycles. The summed E-state index contributed by atoms with van der Waals surface area (Å²) in [4.78, 5) is 22.8. The van der Waals surface area contributed by atoms with Gasteiger partial charge in [0.2, 0.25) is 0 Å². The normalized spacial score (nSPS) is 9.77. The van der Waals surface area contributed by atoms with Gasteiger partial charge in [-0.3, -0.25) is 4.79 Å². The van der Waals surface area contributed by atoms with Crippen LogP contribution >= 0.6 is 11.3 Å². The lowest BCUT2D eigenvalue weighted by molar-refractivity contribution is 0.0597. The summed E-state index contributed by atoms with van der Waals surface area (Å²) in [5.41, 5.74) is 1.20. The molecule has 0 fully saturated rings. The number of Topliss-reactive ketones (excluding diaryl/α,β-unsaturated/α-hetero) is 1. The number of aryl methyl sites for hydroxylation is 1. The summed E-state index contributed by atoms with van der Waals surface area (Å²) < 4.78 is 4.58. The van der Waals surface area contributed by atoms with Crippen molar-refractivity contribution in [3.8, 4) is 0 Å². The maximum Gasteiger partial charge on any atom is 0.339 e. The van der Waals surface area contributed by atoms with Gasteiger partial charge in [0.15, 0.2) is 5.78 Å². The number of carbonyl (C=O) groups is 2. The molecule has 0 unspecified atom stereocenters. The maximum atomic E-state index is 11.3. The number of esters is 1. The Balaban J connectivity index is 3.24. The Morgan fingerprint density at radius 2 is 2.08 bits per heavy atom. The summed E-state index contributed by atoms with van der Waals surface area (Å²) in [5, 5.41) is 1.78. The van der Waals surface area contributed by atoms with Crippen LogP contribution in [0.1, 0.15) is 32.5 Å². The molecule has 13 heavy (non-hydrogen) atoms. The first-order valence-electron chi connectivity index (χ1n) is 3.75. The SMILES string of the molecule is COC(=O)c1c(C)csc1C(C)=O. The zero-order chi connectivity index (χ0) is 10.0. The molecular formula is C9H10O3S. The van der Waals surface area contributed by atoms with E-state index in [4.69, 9.17) is 0 Å². The van der Waals surface area contributed by atoms with E-state index in [1.165, 1.54) is 25.4 Å². The molecule has 4 heteroatoms. The first kappa shape index (κ1) is 9.92. The number of rotatable bonds is 2. The van der Waals surface area contributed by atoms with E-state index in [2.05, 4.69) is 4.74 Å². The van der Waals surface area contributed by atoms with Crippen LogP contribution in [0.2, 0.25) is 0 Å². The number of ketones is 1. The largest absolute Gasteiger partial charge is 0.465 e. The van der Waals surface area contributed by atoms with E-state index in [9.17, 15) is 9.59 Å². The topological polar surface area (TPSA) is 43.4 Å². The Kier molecular flexibility index (Phi) is 2.83. The van der Waals surface area contributed by atoms with E-state index in [0.29, 0.717) is 10.4 Å². The fourth-order valence-electron chi connectivity index (χ4n) is 1.06. The lowest BCUT2D eigenvalue weighted by Gasteiger charge is -1.99. The number of hydrogen-bond acceptors (Lipinski definition) is 4. The van der Waals surface area contributed by atoms with Gasteiger partial charge in [-0.05, 0) is 24.8 Å². The van der Waals surface area contributed by atoms with Crippen LogP contribution in [0.4, 0.5) is 0 Å². The van der Waals surface area contributed by atoms with Gasteiger partial charge in [-0.2, -0.15) is 0 Å². The first-order valence-corrected chi connectivity index (χ1v) is 4.63. The smallest absolute Gasteiger partial charge is 0.339 e. The lowest BCUT2D eigenvalue weighted by atomic mass is 10.1. The Labute approximate surface area is 80.3 Å². The minimum atomic E-state index is -0.441. The van der Waals surface area contributed by atoms with Crippen LogP contribution in [-0.4, -0.2) is 18.9 Å². The number of methoxy groups -OCH3 is 1. The summed E-state index contributed by atoms with van der Waals surface area (Å²) in [7, 11) is 1.31. The molecule has 0 N–H and O–H groups in total. The van der Waals surface area contributed by atoms with Crippen LogP contribution in [-0.2, 0) is 4.74 Å². The highest BCUT2D eigenvalue weighted by atomic mass is 32.1. The fraction of sp³-hybridized carbons (Fsp3) is 0.333. The average molecular weight is 198 g/mol. The molecule has 3 nitrogen and oxygen atoms in total. The van der Waals surface area contributed by atoms with Gasteiger partial charge in [0, 0.05) is 0 Å². The van der Waals surface area contributed by atoms with E-state index in [1.807, 2.05) is 0 Å². The minimum absolute atomic E-state index is 0.0986. The second kappa shape index (κ2) is 3.70. The number of ether oxygens (including phenoxy) is 1. The van der Waals surface area contributed by atoms with Crippen molar-refractivity contribution in [2.24, 2.45) is 0 Å². The van der Waals surface area contributed by atoms with E-state index >= 15 is 0 Å². The third-order valence-electron chi connectivity index (χ3n) is 1.68. The fourth-order valence-corrected chi connectivity index (χ4v) is 2.00. The third-order valence-corrected chi connectivity index (χ3v) is 2.88. The van der Waals surface area contributed by atoms with Crippen LogP contribution in [0.5, 0.6) is 0 Å². The van der Waals surface area contributed by atoms with Crippen molar-refractivity contribution < 1.29 is 14.3 Å². The molecule has 0 aliphatic rings. The van der Waals surface area contributed by atoms with Gasteiger partial charge in [-0.25, -0.2) is 4.79 Å². The van der Waals surface area contributed by atoms with Gasteiger partial charge in [0.05, 0.1) is 17.6 Å². The lowest BCUT2D eigenvalue weighted by Crippen LogP contribution is -2.06. The highest BCUT2D eigenvalue weighted by molar-refractivity contribution is 7.12. The summed E-state index contributed by atoms with van der Waals surface area (Å²) >= 11 is 1.28. The second-order valence-corrected chi connectivity index (χ2v) is 3.55. The molecule has 70 valence electrons. The Morgan fingerprint density at radius 3 is 2.54 bits per heavy atom. The predicted octanol–water partition coefficient (Wildman–Crippen LogP) is 2.05. The van der Waals surface area contributed by atoms with E-state index in [-0.39, 0.29) is 5.78 Å². The second-order valence-electron chi connectivity index (χ2n) is 2.67. The molecular weight excluding hydrogens is 188 g/mol. The monoisotopic (exact) mass is 198 g/mol. The Morgan fingerprint density at radius 1 is 1.46 bits per heavy atom. The van der Waals surface area contributed by atoms with E-state index in [0.717, 1.165) is 5.56 Å². The van der Waals surface area contributed by atoms with Crippen LogP contribution in [0.25, 0.3) is 0 Å². The summed E-state index contributed by atoms with van der Waals surface area (Å²) in [6, 6.07) is 0. The summed E-state index contributed by atoms with van der Waals surface area (Å²) in [6.07, 6.45) is 0. The van der Waals surface area contributed by atoms with Crippen molar-refractivity contribution in [3.05, 3.63) is 21.4 Å². The molecule has 0 aliphatic heterocycles. The van der Waals surface area contributed by atoms with E-state index < -0.39 is 5.97 Å². The zero-order valence-electron chi connectivity index (χ0n) is 7.71. The van der Waals surface area contributed by atoms with Crippen LogP contribution < -0.4 is 0 Å². The van der Waals surface area contributed by atoms with Crippen LogP contribution in [0.15, 0.2) is 5.38 Å². The summed E-state index contributed by atoms with van der Waals surface area (Å²) in [5.74, 6) is -0.539. The highest BCUT2D eigenvalue weighted by Crippen LogP contribution is 2.23. The molecule has 1 aromatic heterocycles. The van der Waals surface area contributed by atoms with Crippen molar-refractivity contribution >= 4 is 23.1 Å². The number of carbonyl (C=O) groups excluding carboxylic acids is 2. The van der Waals surface area contributed by atoms with Gasteiger partial charge < -0.3 is 4.74 Å². The molecule has 0 radical (unpaired) electrons. The first-order chi connectivity index (χ1) is 6.07. The quantitative estimate of drug-likeness (QED) is 0.539. The third kappa shape index (κ3) is 1.78. The molecule has 0 aromatic carbocycles. The van der Waals surface area contributed by atoms with Gasteiger partial charge in [-0.15, -0.1) is 11.3 Å². The van der Waals surface area contributed by atoms with Gasteiger partial charge in [0.1, 0.15) is 0 Å².